The molecule has 1 atom stereocenters. The van der Waals surface area contributed by atoms with Crippen LogP contribution in [-0.4, -0.2) is 23.5 Å². The standard InChI is InChI=1S/C15H17FN2O2/c1-2-11(20-14-8-4-3-6-12(14)16)10-18-15(19)13-7-5-9-17-13/h3-9,11,17H,2,10H2,1H3,(H,18,19). The minimum Gasteiger partial charge on any atom is -0.486 e. The molecule has 106 valence electrons. The summed E-state index contributed by atoms with van der Waals surface area (Å²) >= 11 is 0. The van der Waals surface area contributed by atoms with E-state index in [1.54, 1.807) is 36.5 Å². The fraction of sp³-hybridized carbons (Fsp3) is 0.267. The maximum absolute atomic E-state index is 13.5. The SMILES string of the molecule is CCC(CNC(=O)c1ccc[nH]1)Oc1ccccc1F. The Morgan fingerprint density at radius 2 is 2.15 bits per heavy atom. The quantitative estimate of drug-likeness (QED) is 0.852. The average molecular weight is 276 g/mol. The normalized spacial score (nSPS) is 11.9. The van der Waals surface area contributed by atoms with Gasteiger partial charge in [0.2, 0.25) is 0 Å². The van der Waals surface area contributed by atoms with Crippen LogP contribution >= 0.6 is 0 Å². The first-order valence-electron chi connectivity index (χ1n) is 6.53. The highest BCUT2D eigenvalue weighted by Crippen LogP contribution is 2.17. The summed E-state index contributed by atoms with van der Waals surface area (Å²) in [4.78, 5) is 14.6. The Hall–Kier alpha value is -2.30. The predicted molar refractivity (Wildman–Crippen MR) is 74.2 cm³/mol. The molecule has 0 aliphatic rings. The van der Waals surface area contributed by atoms with Crippen molar-refractivity contribution in [1.29, 1.82) is 0 Å². The fourth-order valence-electron chi connectivity index (χ4n) is 1.76. The van der Waals surface area contributed by atoms with Crippen LogP contribution in [0.5, 0.6) is 5.75 Å². The van der Waals surface area contributed by atoms with Gasteiger partial charge in [0, 0.05) is 6.20 Å². The van der Waals surface area contributed by atoms with Crippen LogP contribution in [0.25, 0.3) is 0 Å². The summed E-state index contributed by atoms with van der Waals surface area (Å²) in [6.07, 6.45) is 2.08. The molecule has 0 aliphatic heterocycles. The van der Waals surface area contributed by atoms with E-state index in [1.807, 2.05) is 6.92 Å². The number of hydrogen-bond donors (Lipinski definition) is 2. The van der Waals surface area contributed by atoms with Gasteiger partial charge in [-0.05, 0) is 30.7 Å². The summed E-state index contributed by atoms with van der Waals surface area (Å²) in [6.45, 7) is 2.25. The number of hydrogen-bond acceptors (Lipinski definition) is 2. The van der Waals surface area contributed by atoms with Crippen LogP contribution < -0.4 is 10.1 Å². The molecule has 2 aromatic rings. The molecule has 1 aromatic heterocycles. The van der Waals surface area contributed by atoms with Crippen LogP contribution in [0, 0.1) is 5.82 Å². The third-order valence-electron chi connectivity index (χ3n) is 2.92. The van der Waals surface area contributed by atoms with Crippen molar-refractivity contribution < 1.29 is 13.9 Å². The summed E-state index contributed by atoms with van der Waals surface area (Å²) in [5.41, 5.74) is 0.491. The van der Waals surface area contributed by atoms with Gasteiger partial charge in [-0.2, -0.15) is 0 Å². The molecule has 1 heterocycles. The monoisotopic (exact) mass is 276 g/mol. The number of rotatable bonds is 6. The van der Waals surface area contributed by atoms with Gasteiger partial charge >= 0.3 is 0 Å². The molecule has 0 spiro atoms. The number of H-pyrrole nitrogens is 1. The molecule has 0 saturated heterocycles. The van der Waals surface area contributed by atoms with Gasteiger partial charge < -0.3 is 15.0 Å². The molecule has 0 saturated carbocycles. The van der Waals surface area contributed by atoms with Crippen molar-refractivity contribution in [3.05, 3.63) is 54.1 Å². The zero-order chi connectivity index (χ0) is 14.4. The minimum absolute atomic E-state index is 0.202. The van der Waals surface area contributed by atoms with Crippen LogP contribution in [-0.2, 0) is 0 Å². The number of aromatic nitrogens is 1. The summed E-state index contributed by atoms with van der Waals surface area (Å²) < 4.78 is 19.1. The van der Waals surface area contributed by atoms with Gasteiger partial charge in [-0.3, -0.25) is 4.79 Å². The second kappa shape index (κ2) is 6.75. The lowest BCUT2D eigenvalue weighted by Gasteiger charge is -2.18. The highest BCUT2D eigenvalue weighted by Gasteiger charge is 2.13. The predicted octanol–water partition coefficient (Wildman–Crippen LogP) is 2.74. The van der Waals surface area contributed by atoms with Crippen LogP contribution in [0.15, 0.2) is 42.6 Å². The minimum atomic E-state index is -0.401. The summed E-state index contributed by atoms with van der Waals surface area (Å²) in [7, 11) is 0. The zero-order valence-electron chi connectivity index (χ0n) is 11.2. The molecule has 5 heteroatoms. The molecule has 0 fully saturated rings. The molecule has 2 rings (SSSR count). The van der Waals surface area contributed by atoms with E-state index in [9.17, 15) is 9.18 Å². The lowest BCUT2D eigenvalue weighted by molar-refractivity contribution is 0.0920. The van der Waals surface area contributed by atoms with E-state index in [0.717, 1.165) is 0 Å². The smallest absolute Gasteiger partial charge is 0.267 e. The highest BCUT2D eigenvalue weighted by molar-refractivity contribution is 5.92. The number of ether oxygens (including phenoxy) is 1. The molecule has 1 amide bonds. The van der Waals surface area contributed by atoms with Crippen molar-refractivity contribution in [2.75, 3.05) is 6.54 Å². The summed E-state index contributed by atoms with van der Waals surface area (Å²) in [5, 5.41) is 2.76. The summed E-state index contributed by atoms with van der Waals surface area (Å²) in [6, 6.07) is 9.68. The number of carbonyl (C=O) groups excluding carboxylic acids is 1. The van der Waals surface area contributed by atoms with Crippen molar-refractivity contribution in [1.82, 2.24) is 10.3 Å². The number of para-hydroxylation sites is 1. The Kier molecular flexibility index (Phi) is 4.76. The Labute approximate surface area is 117 Å². The first kappa shape index (κ1) is 14.1. The van der Waals surface area contributed by atoms with Crippen molar-refractivity contribution in [3.8, 4) is 5.75 Å². The zero-order valence-corrected chi connectivity index (χ0v) is 11.2. The molecule has 2 N–H and O–H groups in total. The maximum atomic E-state index is 13.5. The Balaban J connectivity index is 1.90. The topological polar surface area (TPSA) is 54.1 Å². The second-order valence-electron chi connectivity index (χ2n) is 4.37. The van der Waals surface area contributed by atoms with Gasteiger partial charge in [-0.1, -0.05) is 19.1 Å². The van der Waals surface area contributed by atoms with E-state index in [0.29, 0.717) is 18.7 Å². The molecule has 20 heavy (non-hydrogen) atoms. The van der Waals surface area contributed by atoms with E-state index >= 15 is 0 Å². The second-order valence-corrected chi connectivity index (χ2v) is 4.37. The van der Waals surface area contributed by atoms with Crippen molar-refractivity contribution in [2.45, 2.75) is 19.4 Å². The Morgan fingerprint density at radius 1 is 1.35 bits per heavy atom. The molecule has 1 aromatic carbocycles. The average Bonchev–Trinajstić information content (AvgIpc) is 2.99. The van der Waals surface area contributed by atoms with E-state index in [2.05, 4.69) is 10.3 Å². The molecule has 1 unspecified atom stereocenters. The first-order chi connectivity index (χ1) is 9.70. The first-order valence-corrected chi connectivity index (χ1v) is 6.53. The molecule has 0 aliphatic carbocycles. The Morgan fingerprint density at radius 3 is 2.80 bits per heavy atom. The fourth-order valence-corrected chi connectivity index (χ4v) is 1.76. The van der Waals surface area contributed by atoms with Crippen LogP contribution in [0.4, 0.5) is 4.39 Å². The third-order valence-corrected chi connectivity index (χ3v) is 2.92. The van der Waals surface area contributed by atoms with Gasteiger partial charge in [0.1, 0.15) is 11.8 Å². The van der Waals surface area contributed by atoms with E-state index in [1.165, 1.54) is 6.07 Å². The largest absolute Gasteiger partial charge is 0.486 e. The van der Waals surface area contributed by atoms with Crippen molar-refractivity contribution in [3.63, 3.8) is 0 Å². The number of carbonyl (C=O) groups is 1. The van der Waals surface area contributed by atoms with Gasteiger partial charge in [-0.25, -0.2) is 4.39 Å². The van der Waals surface area contributed by atoms with Gasteiger partial charge in [0.05, 0.1) is 6.54 Å². The van der Waals surface area contributed by atoms with Crippen LogP contribution in [0.1, 0.15) is 23.8 Å². The van der Waals surface area contributed by atoms with E-state index < -0.39 is 5.82 Å². The molecular weight excluding hydrogens is 259 g/mol. The number of nitrogens with one attached hydrogen (secondary N) is 2. The van der Waals surface area contributed by atoms with E-state index in [4.69, 9.17) is 4.74 Å². The molecule has 0 radical (unpaired) electrons. The van der Waals surface area contributed by atoms with Crippen molar-refractivity contribution in [2.24, 2.45) is 0 Å². The molecule has 4 nitrogen and oxygen atoms in total. The van der Waals surface area contributed by atoms with Crippen LogP contribution in [0.3, 0.4) is 0 Å². The van der Waals surface area contributed by atoms with Crippen molar-refractivity contribution >= 4 is 5.91 Å². The maximum Gasteiger partial charge on any atom is 0.267 e. The number of benzene rings is 1. The third kappa shape index (κ3) is 3.60. The molecular formula is C15H17FN2O2. The summed E-state index contributed by atoms with van der Waals surface area (Å²) in [5.74, 6) is -0.402. The van der Waals surface area contributed by atoms with Gasteiger partial charge in [-0.15, -0.1) is 0 Å². The highest BCUT2D eigenvalue weighted by atomic mass is 19.1. The van der Waals surface area contributed by atoms with E-state index in [-0.39, 0.29) is 17.8 Å². The lowest BCUT2D eigenvalue weighted by Crippen LogP contribution is -2.35. The Bertz CT molecular complexity index is 555. The lowest BCUT2D eigenvalue weighted by atomic mass is 10.2. The number of aromatic amines is 1. The number of amides is 1. The van der Waals surface area contributed by atoms with Gasteiger partial charge in [0.25, 0.3) is 5.91 Å². The number of halogens is 1. The van der Waals surface area contributed by atoms with Gasteiger partial charge in [0.15, 0.2) is 11.6 Å². The van der Waals surface area contributed by atoms with Crippen LogP contribution in [0.2, 0.25) is 0 Å². The molecule has 0 bridgehead atoms.